The molecule has 0 saturated heterocycles. The molecule has 0 spiro atoms. The summed E-state index contributed by atoms with van der Waals surface area (Å²) in [6.07, 6.45) is 1.74. The van der Waals surface area contributed by atoms with Crippen molar-refractivity contribution in [1.29, 1.82) is 0 Å². The Morgan fingerprint density at radius 3 is 2.40 bits per heavy atom. The van der Waals surface area contributed by atoms with E-state index in [0.29, 0.717) is 62.1 Å². The fourth-order valence-corrected chi connectivity index (χ4v) is 5.89. The highest BCUT2D eigenvalue weighted by Crippen LogP contribution is 2.36. The minimum Gasteiger partial charge on any atom is -0.496 e. The van der Waals surface area contributed by atoms with Crippen LogP contribution in [0.25, 0.3) is 6.08 Å². The van der Waals surface area contributed by atoms with Crippen molar-refractivity contribution in [2.75, 3.05) is 40.5 Å². The van der Waals surface area contributed by atoms with Crippen molar-refractivity contribution in [1.82, 2.24) is 9.47 Å². The van der Waals surface area contributed by atoms with E-state index in [4.69, 9.17) is 23.9 Å². The molecular formula is C31H35N3O7S. The molecule has 0 unspecified atom stereocenters. The molecule has 0 radical (unpaired) electrons. The first kappa shape index (κ1) is 30.6. The van der Waals surface area contributed by atoms with Crippen LogP contribution in [0.2, 0.25) is 0 Å². The number of allylic oxidation sites excluding steroid dienone is 1. The maximum atomic E-state index is 14.0. The molecule has 2 heterocycles. The number of thiazole rings is 1. The molecule has 0 aliphatic carbocycles. The van der Waals surface area contributed by atoms with Gasteiger partial charge in [-0.25, -0.2) is 9.79 Å². The number of para-hydroxylation sites is 1. The van der Waals surface area contributed by atoms with Crippen LogP contribution in [0.15, 0.2) is 63.5 Å². The van der Waals surface area contributed by atoms with Crippen molar-refractivity contribution in [3.8, 4) is 17.2 Å². The number of methoxy groups -OCH3 is 2. The quantitative estimate of drug-likeness (QED) is 0.315. The monoisotopic (exact) mass is 593 g/mol. The van der Waals surface area contributed by atoms with Gasteiger partial charge in [-0.05, 0) is 57.5 Å². The first-order valence-corrected chi connectivity index (χ1v) is 14.5. The molecule has 0 saturated carbocycles. The lowest BCUT2D eigenvalue weighted by Gasteiger charge is -2.29. The number of rotatable bonds is 11. The highest BCUT2D eigenvalue weighted by Gasteiger charge is 2.35. The summed E-state index contributed by atoms with van der Waals surface area (Å²) >= 11 is 1.24. The van der Waals surface area contributed by atoms with Crippen molar-refractivity contribution in [3.05, 3.63) is 84.5 Å². The summed E-state index contributed by atoms with van der Waals surface area (Å²) in [5.74, 6) is 0.684. The predicted molar refractivity (Wildman–Crippen MR) is 160 cm³/mol. The van der Waals surface area contributed by atoms with E-state index in [2.05, 4.69) is 0 Å². The van der Waals surface area contributed by atoms with Gasteiger partial charge in [0.25, 0.3) is 11.5 Å². The van der Waals surface area contributed by atoms with E-state index >= 15 is 0 Å². The number of hydrogen-bond acceptors (Lipinski definition) is 9. The van der Waals surface area contributed by atoms with Gasteiger partial charge in [0.2, 0.25) is 0 Å². The summed E-state index contributed by atoms with van der Waals surface area (Å²) in [6.45, 7) is 8.43. The Labute approximate surface area is 248 Å². The fraction of sp³-hybridized carbons (Fsp3) is 0.355. The Balaban J connectivity index is 1.84. The van der Waals surface area contributed by atoms with Crippen molar-refractivity contribution < 1.29 is 28.5 Å². The van der Waals surface area contributed by atoms with Gasteiger partial charge in [0.15, 0.2) is 22.9 Å². The maximum Gasteiger partial charge on any atom is 0.344 e. The van der Waals surface area contributed by atoms with E-state index in [9.17, 15) is 14.4 Å². The van der Waals surface area contributed by atoms with Crippen molar-refractivity contribution in [2.24, 2.45) is 4.99 Å². The predicted octanol–water partition coefficient (Wildman–Crippen LogP) is 3.06. The number of amides is 1. The van der Waals surface area contributed by atoms with Crippen molar-refractivity contribution in [2.45, 2.75) is 33.7 Å². The number of carbonyl (C=O) groups excluding carboxylic acids is 2. The minimum absolute atomic E-state index is 0.172. The molecule has 1 aliphatic rings. The highest BCUT2D eigenvalue weighted by molar-refractivity contribution is 7.07. The van der Waals surface area contributed by atoms with E-state index in [1.165, 1.54) is 18.4 Å². The van der Waals surface area contributed by atoms with Crippen LogP contribution in [-0.2, 0) is 14.3 Å². The van der Waals surface area contributed by atoms with Crippen LogP contribution in [-0.4, -0.2) is 61.9 Å². The van der Waals surface area contributed by atoms with Gasteiger partial charge in [0.05, 0.1) is 36.6 Å². The molecule has 3 aromatic rings. The summed E-state index contributed by atoms with van der Waals surface area (Å²) in [6, 6.07) is 11.8. The molecule has 0 N–H and O–H groups in total. The normalized spacial score (nSPS) is 14.6. The number of carbonyl (C=O) groups is 2. The number of hydrogen-bond donors (Lipinski definition) is 0. The van der Waals surface area contributed by atoms with Crippen LogP contribution in [0.4, 0.5) is 0 Å². The number of esters is 1. The summed E-state index contributed by atoms with van der Waals surface area (Å²) < 4.78 is 23.6. The zero-order chi connectivity index (χ0) is 30.4. The van der Waals surface area contributed by atoms with Crippen LogP contribution in [0.5, 0.6) is 17.2 Å². The molecule has 10 nitrogen and oxygen atoms in total. The highest BCUT2D eigenvalue weighted by atomic mass is 32.1. The summed E-state index contributed by atoms with van der Waals surface area (Å²) in [7, 11) is 3.06. The Kier molecular flexibility index (Phi) is 9.84. The standard InChI is InChI=1S/C31H35N3O7S/c1-7-33(8-2)30(37)27-19(4)32-31-34(28(27)21-12-10-11-13-22(21)38-5)29(36)25(42-31)17-20-14-15-23(24(16-20)39-6)41-18-26(35)40-9-3/h10-17,28H,7-9,18H2,1-6H3/b25-17+/t28-/m0/s1. The Morgan fingerprint density at radius 1 is 1.02 bits per heavy atom. The lowest BCUT2D eigenvalue weighted by atomic mass is 9.94. The molecule has 2 aromatic carbocycles. The first-order valence-electron chi connectivity index (χ1n) is 13.7. The molecule has 1 aromatic heterocycles. The molecule has 0 fully saturated rings. The minimum atomic E-state index is -0.721. The average molecular weight is 594 g/mol. The molecule has 1 aliphatic heterocycles. The van der Waals surface area contributed by atoms with E-state index in [-0.39, 0.29) is 24.7 Å². The van der Waals surface area contributed by atoms with Gasteiger partial charge in [0, 0.05) is 18.7 Å². The Morgan fingerprint density at radius 2 is 1.74 bits per heavy atom. The number of nitrogens with zero attached hydrogens (tertiary/aromatic N) is 3. The summed E-state index contributed by atoms with van der Waals surface area (Å²) in [5, 5.41) is 0. The summed E-state index contributed by atoms with van der Waals surface area (Å²) in [5.41, 5.74) is 2.09. The molecule has 11 heteroatoms. The lowest BCUT2D eigenvalue weighted by molar-refractivity contribution is -0.145. The average Bonchev–Trinajstić information content (AvgIpc) is 3.29. The first-order chi connectivity index (χ1) is 20.3. The van der Waals surface area contributed by atoms with Gasteiger partial charge in [0.1, 0.15) is 11.8 Å². The molecule has 42 heavy (non-hydrogen) atoms. The third-order valence-electron chi connectivity index (χ3n) is 6.87. The van der Waals surface area contributed by atoms with Gasteiger partial charge in [-0.2, -0.15) is 0 Å². The van der Waals surface area contributed by atoms with Gasteiger partial charge < -0.3 is 23.8 Å². The van der Waals surface area contributed by atoms with Crippen molar-refractivity contribution >= 4 is 29.3 Å². The number of likely N-dealkylation sites (N-methyl/N-ethyl adjacent to an activating group) is 1. The molecule has 1 atom stereocenters. The van der Waals surface area contributed by atoms with Crippen LogP contribution >= 0.6 is 11.3 Å². The third-order valence-corrected chi connectivity index (χ3v) is 7.86. The SMILES string of the molecule is CCOC(=O)COc1ccc(/C=c2/sc3n(c2=O)[C@@H](c2ccccc2OC)C(C(=O)N(CC)CC)=C(C)N=3)cc1OC. The fourth-order valence-electron chi connectivity index (χ4n) is 4.85. The molecule has 1 amide bonds. The second-order valence-corrected chi connectivity index (χ2v) is 10.3. The number of fused-ring (bicyclic) bond motifs is 1. The van der Waals surface area contributed by atoms with E-state index in [0.717, 1.165) is 0 Å². The molecule has 4 rings (SSSR count). The van der Waals surface area contributed by atoms with Crippen molar-refractivity contribution in [3.63, 3.8) is 0 Å². The number of ether oxygens (including phenoxy) is 4. The van der Waals surface area contributed by atoms with Crippen LogP contribution in [0.3, 0.4) is 0 Å². The van der Waals surface area contributed by atoms with E-state index in [1.807, 2.05) is 38.1 Å². The van der Waals surface area contributed by atoms with Crippen LogP contribution < -0.4 is 29.1 Å². The zero-order valence-corrected chi connectivity index (χ0v) is 25.4. The number of benzene rings is 2. The van der Waals surface area contributed by atoms with Crippen LogP contribution in [0.1, 0.15) is 44.9 Å². The molecule has 222 valence electrons. The van der Waals surface area contributed by atoms with Gasteiger partial charge in [-0.15, -0.1) is 0 Å². The van der Waals surface area contributed by atoms with E-state index in [1.54, 1.807) is 54.7 Å². The summed E-state index contributed by atoms with van der Waals surface area (Å²) in [4.78, 5) is 46.5. The second-order valence-electron chi connectivity index (χ2n) is 9.31. The lowest BCUT2D eigenvalue weighted by Crippen LogP contribution is -2.43. The Bertz CT molecular complexity index is 1680. The Hall–Kier alpha value is -4.38. The smallest absolute Gasteiger partial charge is 0.344 e. The largest absolute Gasteiger partial charge is 0.496 e. The second kappa shape index (κ2) is 13.5. The van der Waals surface area contributed by atoms with Gasteiger partial charge in [-0.3, -0.25) is 14.2 Å². The molecular weight excluding hydrogens is 558 g/mol. The molecule has 0 bridgehead atoms. The number of aromatic nitrogens is 1. The topological polar surface area (TPSA) is 109 Å². The zero-order valence-electron chi connectivity index (χ0n) is 24.6. The van der Waals surface area contributed by atoms with Gasteiger partial charge in [-0.1, -0.05) is 35.6 Å². The third kappa shape index (κ3) is 6.11. The van der Waals surface area contributed by atoms with Gasteiger partial charge >= 0.3 is 5.97 Å². The van der Waals surface area contributed by atoms with Crippen LogP contribution in [0, 0.1) is 0 Å². The van der Waals surface area contributed by atoms with E-state index < -0.39 is 12.0 Å². The maximum absolute atomic E-state index is 14.0.